The van der Waals surface area contributed by atoms with Crippen molar-refractivity contribution in [2.24, 2.45) is 0 Å². The topological polar surface area (TPSA) is 76.6 Å². The number of hydrogen-bond donors (Lipinski definition) is 1. The Hall–Kier alpha value is -2.51. The van der Waals surface area contributed by atoms with E-state index in [-0.39, 0.29) is 18.0 Å². The maximum Gasteiger partial charge on any atom is 0.250 e. The molecule has 1 N–H and O–H groups in total. The number of rotatable bonds is 6. The van der Waals surface area contributed by atoms with Crippen LogP contribution >= 0.6 is 0 Å². The van der Waals surface area contributed by atoms with Crippen molar-refractivity contribution in [3.05, 3.63) is 36.5 Å². The summed E-state index contributed by atoms with van der Waals surface area (Å²) in [6.45, 7) is 2.04. The van der Waals surface area contributed by atoms with Gasteiger partial charge in [0.25, 0.3) is 0 Å². The van der Waals surface area contributed by atoms with Gasteiger partial charge in [0, 0.05) is 36.7 Å². The van der Waals surface area contributed by atoms with E-state index in [0.717, 1.165) is 29.7 Å². The first-order valence-electron chi connectivity index (χ1n) is 8.23. The third-order valence-electron chi connectivity index (χ3n) is 3.72. The Morgan fingerprint density at radius 1 is 1.48 bits per heavy atom. The normalized spacial score (nSPS) is 17.5. The molecule has 0 spiro atoms. The van der Waals surface area contributed by atoms with E-state index in [2.05, 4.69) is 15.3 Å². The van der Waals surface area contributed by atoms with Crippen molar-refractivity contribution in [1.82, 2.24) is 14.9 Å². The summed E-state index contributed by atoms with van der Waals surface area (Å²) in [6, 6.07) is 5.65. The average Bonchev–Trinajstić information content (AvgIpc) is 3.07. The predicted octanol–water partition coefficient (Wildman–Crippen LogP) is 1.85. The molecule has 1 aromatic heterocycles. The van der Waals surface area contributed by atoms with Gasteiger partial charge in [-0.3, -0.25) is 10.1 Å². The lowest BCUT2D eigenvalue weighted by Gasteiger charge is -2.12. The van der Waals surface area contributed by atoms with Gasteiger partial charge in [0.15, 0.2) is 0 Å². The minimum Gasteiger partial charge on any atom is -0.488 e. The van der Waals surface area contributed by atoms with Gasteiger partial charge >= 0.3 is 0 Å². The Labute approximate surface area is 146 Å². The Balaban J connectivity index is 1.69. The number of carbonyl (C=O) groups excluding carboxylic acids is 1. The summed E-state index contributed by atoms with van der Waals surface area (Å²) in [5, 5.41) is 3.56. The van der Waals surface area contributed by atoms with Crippen LogP contribution in [0.5, 0.6) is 5.75 Å². The first-order chi connectivity index (χ1) is 12.1. The predicted molar refractivity (Wildman–Crippen MR) is 95.7 cm³/mol. The Bertz CT molecular complexity index is 770. The molecule has 2 heterocycles. The number of nitrogens with zero attached hydrogens (tertiary/aromatic N) is 3. The molecule has 1 aromatic carbocycles. The van der Waals surface area contributed by atoms with Crippen LogP contribution in [0.25, 0.3) is 10.9 Å². The summed E-state index contributed by atoms with van der Waals surface area (Å²) in [5.41, 5.74) is 0.721. The molecule has 3 rings (SSSR count). The van der Waals surface area contributed by atoms with Crippen molar-refractivity contribution in [2.45, 2.75) is 12.5 Å². The highest BCUT2D eigenvalue weighted by atomic mass is 16.5. The fourth-order valence-corrected chi connectivity index (χ4v) is 2.46. The van der Waals surface area contributed by atoms with E-state index in [1.54, 1.807) is 12.3 Å². The van der Waals surface area contributed by atoms with Crippen LogP contribution in [0, 0.1) is 0 Å². The van der Waals surface area contributed by atoms with Crippen LogP contribution in [0.1, 0.15) is 6.42 Å². The van der Waals surface area contributed by atoms with E-state index in [9.17, 15) is 4.79 Å². The largest absolute Gasteiger partial charge is 0.488 e. The molecule has 25 heavy (non-hydrogen) atoms. The van der Waals surface area contributed by atoms with Gasteiger partial charge in [-0.1, -0.05) is 6.08 Å². The average molecular weight is 342 g/mol. The summed E-state index contributed by atoms with van der Waals surface area (Å²) >= 11 is 0. The zero-order valence-electron chi connectivity index (χ0n) is 14.4. The first-order valence-corrected chi connectivity index (χ1v) is 8.23. The highest BCUT2D eigenvalue weighted by Crippen LogP contribution is 2.22. The molecule has 0 aliphatic carbocycles. The second kappa shape index (κ2) is 8.04. The van der Waals surface area contributed by atoms with Crippen molar-refractivity contribution in [3.63, 3.8) is 0 Å². The lowest BCUT2D eigenvalue weighted by atomic mass is 10.2. The molecule has 1 aliphatic rings. The number of aromatic nitrogens is 2. The van der Waals surface area contributed by atoms with E-state index in [0.29, 0.717) is 13.2 Å². The van der Waals surface area contributed by atoms with Crippen LogP contribution < -0.4 is 10.1 Å². The van der Waals surface area contributed by atoms with Crippen LogP contribution in [0.2, 0.25) is 0 Å². The van der Waals surface area contributed by atoms with Gasteiger partial charge in [0.1, 0.15) is 11.9 Å². The zero-order chi connectivity index (χ0) is 17.6. The summed E-state index contributed by atoms with van der Waals surface area (Å²) in [6.07, 6.45) is 5.92. The van der Waals surface area contributed by atoms with Crippen LogP contribution in [0.4, 0.5) is 5.95 Å². The standard InChI is InChI=1S/C18H22N4O3/c1-22(2)8-3-4-17(23)21-18-19-11-13-5-6-14(10-16(13)20-18)25-15-7-9-24-12-15/h3-6,10-11,15H,7-9,12H2,1-2H3,(H,19,20,21,23)/t15-/m1/s1. The zero-order valence-corrected chi connectivity index (χ0v) is 14.4. The monoisotopic (exact) mass is 342 g/mol. The maximum atomic E-state index is 11.9. The van der Waals surface area contributed by atoms with E-state index in [4.69, 9.17) is 9.47 Å². The molecule has 7 nitrogen and oxygen atoms in total. The number of fused-ring (bicyclic) bond motifs is 1. The number of carbonyl (C=O) groups is 1. The smallest absolute Gasteiger partial charge is 0.250 e. The number of benzene rings is 1. The van der Waals surface area contributed by atoms with Crippen molar-refractivity contribution < 1.29 is 14.3 Å². The molecule has 1 aliphatic heterocycles. The van der Waals surface area contributed by atoms with Gasteiger partial charge in [-0.25, -0.2) is 9.97 Å². The lowest BCUT2D eigenvalue weighted by Crippen LogP contribution is -2.15. The molecular weight excluding hydrogens is 320 g/mol. The van der Waals surface area contributed by atoms with E-state index >= 15 is 0 Å². The quantitative estimate of drug-likeness (QED) is 0.808. The third-order valence-corrected chi connectivity index (χ3v) is 3.72. The van der Waals surface area contributed by atoms with Gasteiger partial charge in [0.2, 0.25) is 11.9 Å². The van der Waals surface area contributed by atoms with Gasteiger partial charge < -0.3 is 14.4 Å². The van der Waals surface area contributed by atoms with E-state index in [1.807, 2.05) is 37.2 Å². The molecule has 7 heteroatoms. The van der Waals surface area contributed by atoms with Gasteiger partial charge in [0.05, 0.1) is 18.7 Å². The number of hydrogen-bond acceptors (Lipinski definition) is 6. The summed E-state index contributed by atoms with van der Waals surface area (Å²) in [7, 11) is 3.87. The summed E-state index contributed by atoms with van der Waals surface area (Å²) < 4.78 is 11.2. The van der Waals surface area contributed by atoms with Crippen molar-refractivity contribution >= 4 is 22.8 Å². The highest BCUT2D eigenvalue weighted by molar-refractivity contribution is 5.98. The molecule has 1 atom stereocenters. The Morgan fingerprint density at radius 3 is 3.12 bits per heavy atom. The van der Waals surface area contributed by atoms with Gasteiger partial charge in [-0.05, 0) is 26.2 Å². The first kappa shape index (κ1) is 17.3. The molecule has 1 saturated heterocycles. The number of nitrogens with one attached hydrogen (secondary N) is 1. The van der Waals surface area contributed by atoms with Crippen molar-refractivity contribution in [1.29, 1.82) is 0 Å². The fraction of sp³-hybridized carbons (Fsp3) is 0.389. The maximum absolute atomic E-state index is 11.9. The molecule has 0 unspecified atom stereocenters. The minimum absolute atomic E-state index is 0.0836. The van der Waals surface area contributed by atoms with E-state index in [1.165, 1.54) is 6.08 Å². The second-order valence-corrected chi connectivity index (χ2v) is 6.17. The molecular formula is C18H22N4O3. The van der Waals surface area contributed by atoms with Crippen molar-refractivity contribution in [2.75, 3.05) is 39.2 Å². The Morgan fingerprint density at radius 2 is 2.36 bits per heavy atom. The van der Waals surface area contributed by atoms with Crippen molar-refractivity contribution in [3.8, 4) is 5.75 Å². The van der Waals surface area contributed by atoms with Gasteiger partial charge in [-0.15, -0.1) is 0 Å². The number of likely N-dealkylation sites (N-methyl/N-ethyl adjacent to an activating group) is 1. The fourth-order valence-electron chi connectivity index (χ4n) is 2.46. The number of ether oxygens (including phenoxy) is 2. The molecule has 2 aromatic rings. The third kappa shape index (κ3) is 4.98. The number of amides is 1. The second-order valence-electron chi connectivity index (χ2n) is 6.17. The molecule has 0 bridgehead atoms. The molecule has 1 fully saturated rings. The number of anilines is 1. The van der Waals surface area contributed by atoms with Crippen LogP contribution in [-0.4, -0.2) is 60.7 Å². The SMILES string of the molecule is CN(C)CC=CC(=O)Nc1ncc2ccc(O[C@@H]3CCOC3)cc2n1. The van der Waals surface area contributed by atoms with Gasteiger partial charge in [-0.2, -0.15) is 0 Å². The minimum atomic E-state index is -0.253. The molecule has 132 valence electrons. The van der Waals surface area contributed by atoms with E-state index < -0.39 is 0 Å². The summed E-state index contributed by atoms with van der Waals surface area (Å²) in [4.78, 5) is 22.4. The van der Waals surface area contributed by atoms with Crippen LogP contribution in [0.15, 0.2) is 36.5 Å². The lowest BCUT2D eigenvalue weighted by molar-refractivity contribution is -0.112. The molecule has 1 amide bonds. The summed E-state index contributed by atoms with van der Waals surface area (Å²) in [5.74, 6) is 0.759. The molecule has 0 saturated carbocycles. The van der Waals surface area contributed by atoms with Crippen LogP contribution in [-0.2, 0) is 9.53 Å². The Kier molecular flexibility index (Phi) is 5.57. The highest BCUT2D eigenvalue weighted by Gasteiger charge is 2.17. The molecule has 0 radical (unpaired) electrons. The van der Waals surface area contributed by atoms with Crippen LogP contribution in [0.3, 0.4) is 0 Å².